The van der Waals surface area contributed by atoms with Crippen molar-refractivity contribution in [3.05, 3.63) is 15.6 Å². The fraction of sp³-hybridized carbons (Fsp3) is 0.688. The Labute approximate surface area is 136 Å². The molecule has 0 saturated carbocycles. The summed E-state index contributed by atoms with van der Waals surface area (Å²) in [4.78, 5) is 29.5. The zero-order valence-electron chi connectivity index (χ0n) is 14.1. The van der Waals surface area contributed by atoms with Gasteiger partial charge in [-0.25, -0.2) is 9.78 Å². The van der Waals surface area contributed by atoms with Gasteiger partial charge in [-0.15, -0.1) is 11.3 Å². The van der Waals surface area contributed by atoms with Crippen LogP contribution in [-0.4, -0.2) is 29.5 Å². The second-order valence-corrected chi connectivity index (χ2v) is 6.74. The van der Waals surface area contributed by atoms with Gasteiger partial charge in [0.1, 0.15) is 10.4 Å². The van der Waals surface area contributed by atoms with Crippen molar-refractivity contribution in [3.8, 4) is 0 Å². The molecule has 0 saturated heterocycles. The van der Waals surface area contributed by atoms with E-state index in [1.54, 1.807) is 6.92 Å². The molecule has 0 spiro atoms. The standard InChI is InChI=1S/C16H26N2O3S/c1-6-8-9-12-17-11(3)13(22-12)14(19)18-16(4,10-7-2)15(20)21-5/h6-10H2,1-5H3,(H,18,19). The molecule has 1 heterocycles. The number of hydrogen-bond acceptors (Lipinski definition) is 5. The van der Waals surface area contributed by atoms with Crippen LogP contribution in [0.25, 0.3) is 0 Å². The Balaban J connectivity index is 2.90. The van der Waals surface area contributed by atoms with E-state index in [2.05, 4.69) is 17.2 Å². The van der Waals surface area contributed by atoms with Crippen LogP contribution in [0, 0.1) is 6.92 Å². The summed E-state index contributed by atoms with van der Waals surface area (Å²) in [7, 11) is 1.34. The summed E-state index contributed by atoms with van der Waals surface area (Å²) in [5, 5.41) is 3.80. The Kier molecular flexibility index (Phi) is 7.00. The van der Waals surface area contributed by atoms with Gasteiger partial charge in [0, 0.05) is 0 Å². The van der Waals surface area contributed by atoms with Gasteiger partial charge in [-0.3, -0.25) is 4.79 Å². The predicted molar refractivity (Wildman–Crippen MR) is 88.3 cm³/mol. The number of hydrogen-bond donors (Lipinski definition) is 1. The molecule has 22 heavy (non-hydrogen) atoms. The number of nitrogens with zero attached hydrogens (tertiary/aromatic N) is 1. The highest BCUT2D eigenvalue weighted by Gasteiger charge is 2.36. The number of ether oxygens (including phenoxy) is 1. The van der Waals surface area contributed by atoms with E-state index >= 15 is 0 Å². The van der Waals surface area contributed by atoms with Crippen molar-refractivity contribution in [2.75, 3.05) is 7.11 Å². The molecule has 0 aliphatic rings. The molecular formula is C16H26N2O3S. The minimum absolute atomic E-state index is 0.251. The third kappa shape index (κ3) is 4.53. The van der Waals surface area contributed by atoms with Crippen molar-refractivity contribution >= 4 is 23.2 Å². The number of aryl methyl sites for hydroxylation is 2. The number of unbranched alkanes of at least 4 members (excludes halogenated alkanes) is 1. The fourth-order valence-electron chi connectivity index (χ4n) is 2.35. The lowest BCUT2D eigenvalue weighted by Crippen LogP contribution is -2.52. The maximum absolute atomic E-state index is 12.5. The average Bonchev–Trinajstić information content (AvgIpc) is 2.85. The first-order valence-electron chi connectivity index (χ1n) is 7.75. The Morgan fingerprint density at radius 3 is 2.55 bits per heavy atom. The lowest BCUT2D eigenvalue weighted by atomic mass is 9.96. The average molecular weight is 326 g/mol. The quantitative estimate of drug-likeness (QED) is 0.745. The first kappa shape index (κ1) is 18.6. The van der Waals surface area contributed by atoms with E-state index in [0.29, 0.717) is 11.3 Å². The highest BCUT2D eigenvalue weighted by atomic mass is 32.1. The van der Waals surface area contributed by atoms with E-state index in [1.807, 2.05) is 13.8 Å². The molecule has 1 aromatic heterocycles. The Bertz CT molecular complexity index is 527. The number of rotatable bonds is 8. The number of esters is 1. The summed E-state index contributed by atoms with van der Waals surface area (Å²) in [6, 6.07) is 0. The van der Waals surface area contributed by atoms with Gasteiger partial charge in [-0.1, -0.05) is 26.7 Å². The van der Waals surface area contributed by atoms with Gasteiger partial charge in [0.05, 0.1) is 17.8 Å². The van der Waals surface area contributed by atoms with E-state index in [0.717, 1.165) is 36.4 Å². The predicted octanol–water partition coefficient (Wildman–Crippen LogP) is 3.26. The molecule has 6 heteroatoms. The normalized spacial score (nSPS) is 13.5. The van der Waals surface area contributed by atoms with Gasteiger partial charge in [-0.05, 0) is 33.1 Å². The van der Waals surface area contributed by atoms with E-state index in [-0.39, 0.29) is 5.91 Å². The van der Waals surface area contributed by atoms with Crippen molar-refractivity contribution in [2.24, 2.45) is 0 Å². The molecule has 0 radical (unpaired) electrons. The van der Waals surface area contributed by atoms with Crippen molar-refractivity contribution in [1.29, 1.82) is 0 Å². The van der Waals surface area contributed by atoms with E-state index in [1.165, 1.54) is 18.4 Å². The minimum atomic E-state index is -0.999. The van der Waals surface area contributed by atoms with Gasteiger partial charge in [0.2, 0.25) is 0 Å². The zero-order chi connectivity index (χ0) is 16.8. The molecule has 0 aromatic carbocycles. The number of thiazole rings is 1. The zero-order valence-corrected chi connectivity index (χ0v) is 14.9. The third-order valence-electron chi connectivity index (χ3n) is 3.57. The van der Waals surface area contributed by atoms with E-state index in [9.17, 15) is 9.59 Å². The Morgan fingerprint density at radius 1 is 1.32 bits per heavy atom. The SMILES string of the molecule is CCCCc1nc(C)c(C(=O)NC(C)(CCC)C(=O)OC)s1. The van der Waals surface area contributed by atoms with Crippen LogP contribution in [-0.2, 0) is 16.0 Å². The van der Waals surface area contributed by atoms with Gasteiger partial charge in [0.15, 0.2) is 0 Å². The van der Waals surface area contributed by atoms with Crippen molar-refractivity contribution < 1.29 is 14.3 Å². The molecule has 1 atom stereocenters. The molecule has 0 fully saturated rings. The molecule has 5 nitrogen and oxygen atoms in total. The van der Waals surface area contributed by atoms with Gasteiger partial charge >= 0.3 is 5.97 Å². The van der Waals surface area contributed by atoms with Crippen molar-refractivity contribution in [2.45, 2.75) is 65.3 Å². The molecular weight excluding hydrogens is 300 g/mol. The fourth-order valence-corrected chi connectivity index (χ4v) is 3.35. The molecule has 1 N–H and O–H groups in total. The van der Waals surface area contributed by atoms with Crippen LogP contribution in [0.1, 0.15) is 66.8 Å². The molecule has 0 aliphatic heterocycles. The Hall–Kier alpha value is -1.43. The lowest BCUT2D eigenvalue weighted by molar-refractivity contribution is -0.147. The Morgan fingerprint density at radius 2 is 2.00 bits per heavy atom. The second kappa shape index (κ2) is 8.27. The largest absolute Gasteiger partial charge is 0.467 e. The third-order valence-corrected chi connectivity index (χ3v) is 4.78. The van der Waals surface area contributed by atoms with Crippen molar-refractivity contribution in [1.82, 2.24) is 10.3 Å². The maximum Gasteiger partial charge on any atom is 0.331 e. The van der Waals surface area contributed by atoms with Crippen LogP contribution in [0.4, 0.5) is 0 Å². The summed E-state index contributed by atoms with van der Waals surface area (Å²) in [5.74, 6) is -0.671. The van der Waals surface area contributed by atoms with Crippen LogP contribution < -0.4 is 5.32 Å². The number of methoxy groups -OCH3 is 1. The number of carbonyl (C=O) groups excluding carboxylic acids is 2. The monoisotopic (exact) mass is 326 g/mol. The summed E-state index contributed by atoms with van der Waals surface area (Å²) in [5.41, 5.74) is -0.280. The van der Waals surface area contributed by atoms with E-state index < -0.39 is 11.5 Å². The molecule has 0 aliphatic carbocycles. The van der Waals surface area contributed by atoms with Crippen molar-refractivity contribution in [3.63, 3.8) is 0 Å². The van der Waals surface area contributed by atoms with Crippen LogP contribution in [0.3, 0.4) is 0 Å². The summed E-state index contributed by atoms with van der Waals surface area (Å²) >= 11 is 1.41. The molecule has 124 valence electrons. The molecule has 1 amide bonds. The second-order valence-electron chi connectivity index (χ2n) is 5.65. The van der Waals surface area contributed by atoms with Crippen LogP contribution in [0.5, 0.6) is 0 Å². The van der Waals surface area contributed by atoms with Crippen LogP contribution in [0.2, 0.25) is 0 Å². The molecule has 1 aromatic rings. The lowest BCUT2D eigenvalue weighted by Gasteiger charge is -2.27. The smallest absolute Gasteiger partial charge is 0.331 e. The number of aromatic nitrogens is 1. The van der Waals surface area contributed by atoms with Crippen LogP contribution >= 0.6 is 11.3 Å². The summed E-state index contributed by atoms with van der Waals surface area (Å²) in [6.07, 6.45) is 4.35. The first-order valence-corrected chi connectivity index (χ1v) is 8.56. The van der Waals surface area contributed by atoms with Gasteiger partial charge < -0.3 is 10.1 Å². The first-order chi connectivity index (χ1) is 10.4. The summed E-state index contributed by atoms with van der Waals surface area (Å²) < 4.78 is 4.83. The number of nitrogens with one attached hydrogen (secondary N) is 1. The highest BCUT2D eigenvalue weighted by molar-refractivity contribution is 7.13. The number of carbonyl (C=O) groups is 2. The van der Waals surface area contributed by atoms with Gasteiger partial charge in [0.25, 0.3) is 5.91 Å². The summed E-state index contributed by atoms with van der Waals surface area (Å²) in [6.45, 7) is 7.62. The van der Waals surface area contributed by atoms with E-state index in [4.69, 9.17) is 4.74 Å². The molecule has 1 unspecified atom stereocenters. The topological polar surface area (TPSA) is 68.3 Å². The van der Waals surface area contributed by atoms with Crippen LogP contribution in [0.15, 0.2) is 0 Å². The molecule has 0 bridgehead atoms. The highest BCUT2D eigenvalue weighted by Crippen LogP contribution is 2.22. The molecule has 1 rings (SSSR count). The minimum Gasteiger partial charge on any atom is -0.467 e. The van der Waals surface area contributed by atoms with Gasteiger partial charge in [-0.2, -0.15) is 0 Å². The number of amides is 1. The maximum atomic E-state index is 12.5.